The van der Waals surface area contributed by atoms with Crippen LogP contribution in [0, 0.1) is 17.2 Å². The van der Waals surface area contributed by atoms with Gasteiger partial charge >= 0.3 is 0 Å². The molecule has 1 aromatic heterocycles. The van der Waals surface area contributed by atoms with Crippen molar-refractivity contribution in [3.63, 3.8) is 0 Å². The number of hydrogen-bond acceptors (Lipinski definition) is 3. The largest absolute Gasteiger partial charge is 0.336 e. The van der Waals surface area contributed by atoms with E-state index in [-0.39, 0.29) is 11.9 Å². The van der Waals surface area contributed by atoms with E-state index in [0.29, 0.717) is 24.6 Å². The van der Waals surface area contributed by atoms with Gasteiger partial charge in [-0.2, -0.15) is 10.4 Å². The van der Waals surface area contributed by atoms with Gasteiger partial charge in [0, 0.05) is 25.3 Å². The van der Waals surface area contributed by atoms with Crippen LogP contribution in [0.5, 0.6) is 0 Å². The smallest absolute Gasteiger partial charge is 0.272 e. The van der Waals surface area contributed by atoms with Gasteiger partial charge in [-0.1, -0.05) is 0 Å². The molecule has 5 nitrogen and oxygen atoms in total. The molecule has 19 heavy (non-hydrogen) atoms. The van der Waals surface area contributed by atoms with Crippen molar-refractivity contribution in [2.24, 2.45) is 5.92 Å². The molecule has 0 bridgehead atoms. The lowest BCUT2D eigenvalue weighted by Crippen LogP contribution is -2.35. The van der Waals surface area contributed by atoms with Gasteiger partial charge in [0.15, 0.2) is 0 Å². The first-order chi connectivity index (χ1) is 9.13. The van der Waals surface area contributed by atoms with Gasteiger partial charge in [-0.25, -0.2) is 0 Å². The van der Waals surface area contributed by atoms with Crippen LogP contribution < -0.4 is 0 Å². The van der Waals surface area contributed by atoms with E-state index < -0.39 is 0 Å². The lowest BCUT2D eigenvalue weighted by Gasteiger charge is -2.22. The molecule has 1 heterocycles. The second kappa shape index (κ2) is 5.87. The molecule has 2 rings (SSSR count). The molecule has 1 saturated carbocycles. The third-order valence-electron chi connectivity index (χ3n) is 3.33. The fraction of sp³-hybridized carbons (Fsp3) is 0.643. The molecule has 1 amide bonds. The van der Waals surface area contributed by atoms with Crippen molar-refractivity contribution in [1.82, 2.24) is 14.7 Å². The van der Waals surface area contributed by atoms with Crippen LogP contribution in [0.4, 0.5) is 0 Å². The highest BCUT2D eigenvalue weighted by Gasteiger charge is 2.28. The van der Waals surface area contributed by atoms with E-state index >= 15 is 0 Å². The summed E-state index contributed by atoms with van der Waals surface area (Å²) in [6.07, 6.45) is 4.43. The number of carbonyl (C=O) groups excluding carboxylic acids is 1. The number of nitrogens with zero attached hydrogens (tertiary/aromatic N) is 4. The topological polar surface area (TPSA) is 61.9 Å². The molecule has 1 fully saturated rings. The normalized spacial score (nSPS) is 14.4. The first kappa shape index (κ1) is 13.6. The predicted molar refractivity (Wildman–Crippen MR) is 71.5 cm³/mol. The van der Waals surface area contributed by atoms with E-state index in [0.717, 1.165) is 6.54 Å². The maximum atomic E-state index is 12.6. The van der Waals surface area contributed by atoms with E-state index in [1.54, 1.807) is 21.8 Å². The SMILES string of the molecule is CC(C)n1nccc1C(=O)N(CCC#N)CC1CC1. The van der Waals surface area contributed by atoms with E-state index in [1.165, 1.54) is 12.8 Å². The van der Waals surface area contributed by atoms with Crippen molar-refractivity contribution < 1.29 is 4.79 Å². The molecule has 5 heteroatoms. The minimum absolute atomic E-state index is 0.00616. The van der Waals surface area contributed by atoms with Crippen molar-refractivity contribution in [2.75, 3.05) is 13.1 Å². The van der Waals surface area contributed by atoms with E-state index in [2.05, 4.69) is 11.2 Å². The number of aromatic nitrogens is 2. The Labute approximate surface area is 113 Å². The average Bonchev–Trinajstić information content (AvgIpc) is 3.06. The quantitative estimate of drug-likeness (QED) is 0.788. The molecule has 0 spiro atoms. The fourth-order valence-electron chi connectivity index (χ4n) is 2.13. The third-order valence-corrected chi connectivity index (χ3v) is 3.33. The molecule has 0 atom stereocenters. The van der Waals surface area contributed by atoms with Crippen molar-refractivity contribution >= 4 is 5.91 Å². The van der Waals surface area contributed by atoms with Gasteiger partial charge in [0.2, 0.25) is 0 Å². The lowest BCUT2D eigenvalue weighted by atomic mass is 10.2. The number of nitriles is 1. The maximum absolute atomic E-state index is 12.6. The molecule has 0 aliphatic heterocycles. The Bertz CT molecular complexity index is 482. The summed E-state index contributed by atoms with van der Waals surface area (Å²) >= 11 is 0. The predicted octanol–water partition coefficient (Wildman–Crippen LogP) is 2.23. The lowest BCUT2D eigenvalue weighted by molar-refractivity contribution is 0.0736. The Balaban J connectivity index is 2.12. The zero-order chi connectivity index (χ0) is 13.8. The van der Waals surface area contributed by atoms with Crippen LogP contribution in [-0.4, -0.2) is 33.7 Å². The summed E-state index contributed by atoms with van der Waals surface area (Å²) in [5.41, 5.74) is 0.619. The minimum atomic E-state index is -0.00616. The van der Waals surface area contributed by atoms with Gasteiger partial charge in [-0.15, -0.1) is 0 Å². The first-order valence-corrected chi connectivity index (χ1v) is 6.83. The number of hydrogen-bond donors (Lipinski definition) is 0. The number of carbonyl (C=O) groups is 1. The maximum Gasteiger partial charge on any atom is 0.272 e. The van der Waals surface area contributed by atoms with E-state index in [1.807, 2.05) is 13.8 Å². The summed E-state index contributed by atoms with van der Waals surface area (Å²) in [4.78, 5) is 14.4. The van der Waals surface area contributed by atoms with Crippen LogP contribution in [0.1, 0.15) is 49.6 Å². The zero-order valence-corrected chi connectivity index (χ0v) is 11.5. The summed E-state index contributed by atoms with van der Waals surface area (Å²) in [5, 5.41) is 12.9. The molecular formula is C14H20N4O. The van der Waals surface area contributed by atoms with Gasteiger partial charge in [-0.3, -0.25) is 9.48 Å². The van der Waals surface area contributed by atoms with Crippen molar-refractivity contribution in [3.05, 3.63) is 18.0 Å². The highest BCUT2D eigenvalue weighted by Crippen LogP contribution is 2.30. The summed E-state index contributed by atoms with van der Waals surface area (Å²) < 4.78 is 1.74. The van der Waals surface area contributed by atoms with E-state index in [9.17, 15) is 4.79 Å². The van der Waals surface area contributed by atoms with Crippen molar-refractivity contribution in [2.45, 2.75) is 39.2 Å². The third kappa shape index (κ3) is 3.34. The second-order valence-electron chi connectivity index (χ2n) is 5.36. The molecule has 0 N–H and O–H groups in total. The van der Waals surface area contributed by atoms with Crippen LogP contribution in [0.25, 0.3) is 0 Å². The Hall–Kier alpha value is -1.83. The molecule has 1 aromatic rings. The molecular weight excluding hydrogens is 240 g/mol. The summed E-state index contributed by atoms with van der Waals surface area (Å²) in [7, 11) is 0. The Kier molecular flexibility index (Phi) is 4.20. The van der Waals surface area contributed by atoms with Crippen molar-refractivity contribution in [1.29, 1.82) is 5.26 Å². The number of amides is 1. The molecule has 102 valence electrons. The van der Waals surface area contributed by atoms with Crippen LogP contribution in [0.3, 0.4) is 0 Å². The Morgan fingerprint density at radius 1 is 1.63 bits per heavy atom. The van der Waals surface area contributed by atoms with Crippen molar-refractivity contribution in [3.8, 4) is 6.07 Å². The second-order valence-corrected chi connectivity index (χ2v) is 5.36. The molecule has 0 saturated heterocycles. The molecule has 0 aromatic carbocycles. The number of rotatable bonds is 6. The summed E-state index contributed by atoms with van der Waals surface area (Å²) in [6.45, 7) is 5.29. The van der Waals surface area contributed by atoms with Crippen LogP contribution in [-0.2, 0) is 0 Å². The van der Waals surface area contributed by atoms with Gasteiger partial charge in [0.25, 0.3) is 5.91 Å². The molecule has 1 aliphatic rings. The van der Waals surface area contributed by atoms with Gasteiger partial charge < -0.3 is 4.90 Å². The Morgan fingerprint density at radius 3 is 2.95 bits per heavy atom. The highest BCUT2D eigenvalue weighted by atomic mass is 16.2. The summed E-state index contributed by atoms with van der Waals surface area (Å²) in [5.74, 6) is 0.617. The van der Waals surface area contributed by atoms with Crippen LogP contribution in [0.15, 0.2) is 12.3 Å². The zero-order valence-electron chi connectivity index (χ0n) is 11.5. The molecule has 1 aliphatic carbocycles. The summed E-state index contributed by atoms with van der Waals surface area (Å²) in [6, 6.07) is 4.03. The van der Waals surface area contributed by atoms with Crippen LogP contribution in [0.2, 0.25) is 0 Å². The van der Waals surface area contributed by atoms with Gasteiger partial charge in [-0.05, 0) is 38.7 Å². The fourth-order valence-corrected chi connectivity index (χ4v) is 2.13. The monoisotopic (exact) mass is 260 g/mol. The van der Waals surface area contributed by atoms with E-state index in [4.69, 9.17) is 5.26 Å². The molecule has 0 radical (unpaired) electrons. The highest BCUT2D eigenvalue weighted by molar-refractivity contribution is 5.92. The standard InChI is InChI=1S/C14H20N4O/c1-11(2)18-13(6-8-16-18)14(19)17(9-3-7-15)10-12-4-5-12/h6,8,11-12H,3-5,9-10H2,1-2H3. The Morgan fingerprint density at radius 2 is 2.37 bits per heavy atom. The van der Waals surface area contributed by atoms with Crippen LogP contribution >= 0.6 is 0 Å². The van der Waals surface area contributed by atoms with Gasteiger partial charge in [0.1, 0.15) is 5.69 Å². The average molecular weight is 260 g/mol. The first-order valence-electron chi connectivity index (χ1n) is 6.83. The minimum Gasteiger partial charge on any atom is -0.336 e. The van der Waals surface area contributed by atoms with Gasteiger partial charge in [0.05, 0.1) is 12.5 Å². The molecule has 0 unspecified atom stereocenters.